The third-order valence-corrected chi connectivity index (χ3v) is 2.59. The van der Waals surface area contributed by atoms with Gasteiger partial charge >= 0.3 is 5.97 Å². The highest BCUT2D eigenvalue weighted by Gasteiger charge is 2.11. The Labute approximate surface area is 118 Å². The van der Waals surface area contributed by atoms with E-state index in [1.807, 2.05) is 13.8 Å². The fourth-order valence-electron chi connectivity index (χ4n) is 1.74. The van der Waals surface area contributed by atoms with E-state index >= 15 is 0 Å². The molecule has 0 saturated heterocycles. The van der Waals surface area contributed by atoms with Gasteiger partial charge in [0, 0.05) is 12.4 Å². The zero-order valence-electron chi connectivity index (χ0n) is 11.9. The SMILES string of the molecule is CC.COC(=O)c1ccncc1Cc1cccc(F)c1. The molecule has 2 rings (SSSR count). The minimum atomic E-state index is -0.413. The third kappa shape index (κ3) is 4.16. The smallest absolute Gasteiger partial charge is 0.338 e. The maximum absolute atomic E-state index is 13.1. The van der Waals surface area contributed by atoms with Crippen molar-refractivity contribution in [1.29, 1.82) is 0 Å². The number of methoxy groups -OCH3 is 1. The topological polar surface area (TPSA) is 39.2 Å². The van der Waals surface area contributed by atoms with E-state index in [-0.39, 0.29) is 5.82 Å². The van der Waals surface area contributed by atoms with Gasteiger partial charge in [0.2, 0.25) is 0 Å². The predicted molar refractivity (Wildman–Crippen MR) is 76.1 cm³/mol. The molecular formula is C16H18FNO2. The Morgan fingerprint density at radius 3 is 2.70 bits per heavy atom. The predicted octanol–water partition coefficient (Wildman–Crippen LogP) is 3.62. The summed E-state index contributed by atoms with van der Waals surface area (Å²) < 4.78 is 17.8. The molecule has 3 nitrogen and oxygen atoms in total. The zero-order chi connectivity index (χ0) is 15.0. The van der Waals surface area contributed by atoms with Gasteiger partial charge in [0.05, 0.1) is 12.7 Å². The summed E-state index contributed by atoms with van der Waals surface area (Å²) in [5, 5.41) is 0. The molecule has 2 aromatic rings. The molecule has 0 aliphatic rings. The first-order valence-corrected chi connectivity index (χ1v) is 6.46. The number of rotatable bonds is 3. The molecule has 0 bridgehead atoms. The fourth-order valence-corrected chi connectivity index (χ4v) is 1.74. The standard InChI is InChI=1S/C14H12FNO2.C2H6/c1-18-14(17)13-5-6-16-9-11(13)7-10-3-2-4-12(15)8-10;1-2/h2-6,8-9H,7H2,1H3;1-2H3. The molecule has 4 heteroatoms. The number of ether oxygens (including phenoxy) is 1. The Kier molecular flexibility index (Phi) is 6.37. The van der Waals surface area contributed by atoms with Gasteiger partial charge in [-0.3, -0.25) is 4.98 Å². The van der Waals surface area contributed by atoms with E-state index in [4.69, 9.17) is 4.74 Å². The molecule has 20 heavy (non-hydrogen) atoms. The number of hydrogen-bond donors (Lipinski definition) is 0. The second kappa shape index (κ2) is 8.04. The van der Waals surface area contributed by atoms with E-state index in [1.54, 1.807) is 24.4 Å². The van der Waals surface area contributed by atoms with Crippen LogP contribution < -0.4 is 0 Å². The number of esters is 1. The molecule has 0 radical (unpaired) electrons. The number of pyridine rings is 1. The maximum Gasteiger partial charge on any atom is 0.338 e. The summed E-state index contributed by atoms with van der Waals surface area (Å²) in [6, 6.07) is 7.86. The zero-order valence-corrected chi connectivity index (χ0v) is 11.9. The van der Waals surface area contributed by atoms with Gasteiger partial charge in [-0.1, -0.05) is 26.0 Å². The molecule has 0 unspecified atom stereocenters. The Morgan fingerprint density at radius 2 is 2.05 bits per heavy atom. The van der Waals surface area contributed by atoms with Crippen LogP contribution in [-0.2, 0) is 11.2 Å². The van der Waals surface area contributed by atoms with Crippen LogP contribution in [0.4, 0.5) is 4.39 Å². The van der Waals surface area contributed by atoms with Crippen molar-refractivity contribution >= 4 is 5.97 Å². The number of hydrogen-bond acceptors (Lipinski definition) is 3. The van der Waals surface area contributed by atoms with E-state index in [9.17, 15) is 9.18 Å². The van der Waals surface area contributed by atoms with E-state index in [0.29, 0.717) is 12.0 Å². The summed E-state index contributed by atoms with van der Waals surface area (Å²) in [5.41, 5.74) is 1.96. The molecule has 0 N–H and O–H groups in total. The molecule has 0 atom stereocenters. The largest absolute Gasteiger partial charge is 0.465 e. The molecule has 1 aromatic heterocycles. The van der Waals surface area contributed by atoms with Crippen LogP contribution in [0.25, 0.3) is 0 Å². The van der Waals surface area contributed by atoms with Gasteiger partial charge in [-0.15, -0.1) is 0 Å². The van der Waals surface area contributed by atoms with Crippen molar-refractivity contribution in [2.24, 2.45) is 0 Å². The summed E-state index contributed by atoms with van der Waals surface area (Å²) >= 11 is 0. The number of carbonyl (C=O) groups is 1. The number of carbonyl (C=O) groups excluding carboxylic acids is 1. The first-order chi connectivity index (χ1) is 9.70. The molecule has 0 aliphatic heterocycles. The quantitative estimate of drug-likeness (QED) is 0.803. The van der Waals surface area contributed by atoms with Crippen molar-refractivity contribution < 1.29 is 13.9 Å². The normalized spacial score (nSPS) is 9.40. The van der Waals surface area contributed by atoms with Crippen LogP contribution in [0.15, 0.2) is 42.7 Å². The van der Waals surface area contributed by atoms with Crippen LogP contribution >= 0.6 is 0 Å². The van der Waals surface area contributed by atoms with Crippen LogP contribution in [0.2, 0.25) is 0 Å². The van der Waals surface area contributed by atoms with Crippen molar-refractivity contribution in [2.75, 3.05) is 7.11 Å². The highest BCUT2D eigenvalue weighted by Crippen LogP contribution is 2.15. The maximum atomic E-state index is 13.1. The van der Waals surface area contributed by atoms with Crippen molar-refractivity contribution in [2.45, 2.75) is 20.3 Å². The van der Waals surface area contributed by atoms with Crippen LogP contribution in [-0.4, -0.2) is 18.1 Å². The Balaban J connectivity index is 0.000000956. The van der Waals surface area contributed by atoms with E-state index in [0.717, 1.165) is 11.1 Å². The fraction of sp³-hybridized carbons (Fsp3) is 0.250. The Bertz CT molecular complexity index is 570. The molecule has 106 valence electrons. The molecule has 0 fully saturated rings. The van der Waals surface area contributed by atoms with E-state index in [2.05, 4.69) is 4.98 Å². The highest BCUT2D eigenvalue weighted by atomic mass is 19.1. The van der Waals surface area contributed by atoms with E-state index in [1.165, 1.54) is 25.4 Å². The first kappa shape index (κ1) is 15.8. The average molecular weight is 275 g/mol. The van der Waals surface area contributed by atoms with Gasteiger partial charge in [-0.2, -0.15) is 0 Å². The molecule has 0 saturated carbocycles. The summed E-state index contributed by atoms with van der Waals surface area (Å²) in [5.74, 6) is -0.709. The second-order valence-corrected chi connectivity index (χ2v) is 3.83. The lowest BCUT2D eigenvalue weighted by atomic mass is 10.0. The van der Waals surface area contributed by atoms with Crippen molar-refractivity contribution in [3.05, 3.63) is 65.2 Å². The number of benzene rings is 1. The average Bonchev–Trinajstić information content (AvgIpc) is 2.49. The molecule has 0 aliphatic carbocycles. The molecule has 1 aromatic carbocycles. The highest BCUT2D eigenvalue weighted by molar-refractivity contribution is 5.90. The number of nitrogens with zero attached hydrogens (tertiary/aromatic N) is 1. The minimum absolute atomic E-state index is 0.295. The van der Waals surface area contributed by atoms with Gasteiger partial charge in [0.1, 0.15) is 5.82 Å². The van der Waals surface area contributed by atoms with Gasteiger partial charge < -0.3 is 4.74 Å². The lowest BCUT2D eigenvalue weighted by Gasteiger charge is -2.07. The van der Waals surface area contributed by atoms with Gasteiger partial charge in [0.15, 0.2) is 0 Å². The second-order valence-electron chi connectivity index (χ2n) is 3.83. The van der Waals surface area contributed by atoms with Crippen molar-refractivity contribution in [3.63, 3.8) is 0 Å². The molecule has 1 heterocycles. The monoisotopic (exact) mass is 275 g/mol. The summed E-state index contributed by atoms with van der Waals surface area (Å²) in [6.45, 7) is 4.00. The van der Waals surface area contributed by atoms with Gasteiger partial charge in [0.25, 0.3) is 0 Å². The van der Waals surface area contributed by atoms with Crippen LogP contribution in [0.5, 0.6) is 0 Å². The summed E-state index contributed by atoms with van der Waals surface area (Å²) in [4.78, 5) is 15.5. The first-order valence-electron chi connectivity index (χ1n) is 6.46. The Morgan fingerprint density at radius 1 is 1.30 bits per heavy atom. The molecule has 0 spiro atoms. The van der Waals surface area contributed by atoms with Crippen LogP contribution in [0.3, 0.4) is 0 Å². The lowest BCUT2D eigenvalue weighted by molar-refractivity contribution is 0.0599. The summed E-state index contributed by atoms with van der Waals surface area (Å²) in [6.07, 6.45) is 3.56. The third-order valence-electron chi connectivity index (χ3n) is 2.59. The van der Waals surface area contributed by atoms with Gasteiger partial charge in [-0.25, -0.2) is 9.18 Å². The number of halogens is 1. The molecular weight excluding hydrogens is 257 g/mol. The molecule has 0 amide bonds. The Hall–Kier alpha value is -2.23. The lowest BCUT2D eigenvalue weighted by Crippen LogP contribution is -2.06. The summed E-state index contributed by atoms with van der Waals surface area (Å²) in [7, 11) is 1.33. The van der Waals surface area contributed by atoms with Crippen LogP contribution in [0, 0.1) is 5.82 Å². The van der Waals surface area contributed by atoms with E-state index < -0.39 is 5.97 Å². The van der Waals surface area contributed by atoms with Crippen LogP contribution in [0.1, 0.15) is 35.3 Å². The van der Waals surface area contributed by atoms with Gasteiger partial charge in [-0.05, 0) is 35.7 Å². The minimum Gasteiger partial charge on any atom is -0.465 e. The van der Waals surface area contributed by atoms with Crippen molar-refractivity contribution in [1.82, 2.24) is 4.98 Å². The van der Waals surface area contributed by atoms with Crippen molar-refractivity contribution in [3.8, 4) is 0 Å². The number of aromatic nitrogens is 1.